The molecule has 1 aromatic rings. The molecule has 1 aliphatic rings. The molecule has 0 radical (unpaired) electrons. The summed E-state index contributed by atoms with van der Waals surface area (Å²) >= 11 is 0. The largest absolute Gasteiger partial charge is 0.477 e. The molecule has 2 rings (SSSR count). The first-order valence-electron chi connectivity index (χ1n) is 9.43. The average Bonchev–Trinajstić information content (AvgIpc) is 3.12. The molecular formula is C19H33IN4O3. The third-order valence-corrected chi connectivity index (χ3v) is 4.71. The van der Waals surface area contributed by atoms with Crippen LogP contribution >= 0.6 is 24.0 Å². The van der Waals surface area contributed by atoms with Crippen LogP contribution in [0.5, 0.6) is 5.88 Å². The zero-order chi connectivity index (χ0) is 18.7. The van der Waals surface area contributed by atoms with E-state index in [4.69, 9.17) is 9.47 Å². The lowest BCUT2D eigenvalue weighted by Crippen LogP contribution is -2.44. The number of nitrogens with one attached hydrogen (secondary N) is 2. The summed E-state index contributed by atoms with van der Waals surface area (Å²) in [6, 6.07) is 3.92. The number of nitrogens with zero attached hydrogens (tertiary/aromatic N) is 2. The van der Waals surface area contributed by atoms with Crippen LogP contribution in [0.3, 0.4) is 0 Å². The minimum atomic E-state index is -0.0188. The van der Waals surface area contributed by atoms with Crippen molar-refractivity contribution in [3.05, 3.63) is 23.9 Å². The number of aliphatic hydroxyl groups excluding tert-OH is 1. The topological polar surface area (TPSA) is 88.0 Å². The van der Waals surface area contributed by atoms with Crippen LogP contribution in [0.2, 0.25) is 0 Å². The Labute approximate surface area is 179 Å². The maximum atomic E-state index is 9.34. The lowest BCUT2D eigenvalue weighted by Gasteiger charge is -2.27. The number of halogens is 1. The van der Waals surface area contributed by atoms with Crippen molar-refractivity contribution in [2.75, 3.05) is 40.0 Å². The Morgan fingerprint density at radius 1 is 1.44 bits per heavy atom. The first kappa shape index (κ1) is 23.9. The molecule has 1 saturated heterocycles. The monoisotopic (exact) mass is 492 g/mol. The van der Waals surface area contributed by atoms with E-state index in [1.54, 1.807) is 13.2 Å². The van der Waals surface area contributed by atoms with Gasteiger partial charge in [-0.3, -0.25) is 4.99 Å². The molecule has 154 valence electrons. The Bertz CT molecular complexity index is 566. The van der Waals surface area contributed by atoms with Gasteiger partial charge >= 0.3 is 0 Å². The molecule has 3 N–H and O–H groups in total. The van der Waals surface area contributed by atoms with Crippen LogP contribution in [0.4, 0.5) is 0 Å². The number of unbranched alkanes of at least 4 members (excludes halogenated alkanes) is 1. The normalized spacial score (nSPS) is 19.4. The molecule has 0 saturated carbocycles. The predicted molar refractivity (Wildman–Crippen MR) is 118 cm³/mol. The lowest BCUT2D eigenvalue weighted by atomic mass is 9.84. The van der Waals surface area contributed by atoms with E-state index >= 15 is 0 Å². The Hall–Kier alpha value is -1.13. The SMILES string of the molecule is CCCCOc1ncccc1CNC(=NC)NCC1(CCO)CCOC1.I. The second-order valence-corrected chi connectivity index (χ2v) is 6.73. The molecular weight excluding hydrogens is 459 g/mol. The Morgan fingerprint density at radius 2 is 2.30 bits per heavy atom. The number of aromatic nitrogens is 1. The van der Waals surface area contributed by atoms with Gasteiger partial charge in [0.05, 0.1) is 13.2 Å². The molecule has 0 aliphatic carbocycles. The summed E-state index contributed by atoms with van der Waals surface area (Å²) < 4.78 is 11.3. The summed E-state index contributed by atoms with van der Waals surface area (Å²) in [5.74, 6) is 1.39. The predicted octanol–water partition coefficient (Wildman–Crippen LogP) is 2.33. The highest BCUT2D eigenvalue weighted by atomic mass is 127. The number of guanidine groups is 1. The van der Waals surface area contributed by atoms with Gasteiger partial charge < -0.3 is 25.2 Å². The van der Waals surface area contributed by atoms with Crippen molar-refractivity contribution in [1.82, 2.24) is 15.6 Å². The highest BCUT2D eigenvalue weighted by molar-refractivity contribution is 14.0. The second kappa shape index (κ2) is 13.1. The minimum absolute atomic E-state index is 0. The quantitative estimate of drug-likeness (QED) is 0.201. The van der Waals surface area contributed by atoms with Crippen molar-refractivity contribution < 1.29 is 14.6 Å². The summed E-state index contributed by atoms with van der Waals surface area (Å²) in [5, 5.41) is 16.0. The molecule has 1 aliphatic heterocycles. The number of rotatable bonds is 10. The second-order valence-electron chi connectivity index (χ2n) is 6.73. The fourth-order valence-electron chi connectivity index (χ4n) is 2.98. The first-order chi connectivity index (χ1) is 12.7. The molecule has 8 heteroatoms. The molecule has 1 unspecified atom stereocenters. The van der Waals surface area contributed by atoms with Crippen molar-refractivity contribution in [1.29, 1.82) is 0 Å². The maximum absolute atomic E-state index is 9.34. The van der Waals surface area contributed by atoms with Gasteiger partial charge in [0.1, 0.15) is 0 Å². The molecule has 1 atom stereocenters. The van der Waals surface area contributed by atoms with Gasteiger partial charge in [-0.15, -0.1) is 24.0 Å². The van der Waals surface area contributed by atoms with E-state index in [1.165, 1.54) is 0 Å². The summed E-state index contributed by atoms with van der Waals surface area (Å²) in [5.41, 5.74) is 0.982. The fourth-order valence-corrected chi connectivity index (χ4v) is 2.98. The smallest absolute Gasteiger partial charge is 0.218 e. The van der Waals surface area contributed by atoms with E-state index < -0.39 is 0 Å². The summed E-state index contributed by atoms with van der Waals surface area (Å²) in [6.45, 7) is 5.72. The summed E-state index contributed by atoms with van der Waals surface area (Å²) in [4.78, 5) is 8.62. The van der Waals surface area contributed by atoms with Crippen molar-refractivity contribution in [2.24, 2.45) is 10.4 Å². The highest BCUT2D eigenvalue weighted by Gasteiger charge is 2.34. The highest BCUT2D eigenvalue weighted by Crippen LogP contribution is 2.31. The van der Waals surface area contributed by atoms with Crippen molar-refractivity contribution in [3.8, 4) is 5.88 Å². The minimum Gasteiger partial charge on any atom is -0.477 e. The van der Waals surface area contributed by atoms with Crippen LogP contribution in [0.25, 0.3) is 0 Å². The molecule has 0 aromatic carbocycles. The Kier molecular flexibility index (Phi) is 11.6. The molecule has 7 nitrogen and oxygen atoms in total. The molecule has 2 heterocycles. The molecule has 1 fully saturated rings. The van der Waals surface area contributed by atoms with E-state index in [0.29, 0.717) is 25.6 Å². The molecule has 0 bridgehead atoms. The Balaban J connectivity index is 0.00000364. The van der Waals surface area contributed by atoms with Crippen LogP contribution in [0, 0.1) is 5.41 Å². The molecule has 0 spiro atoms. The summed E-state index contributed by atoms with van der Waals surface area (Å²) in [6.07, 6.45) is 5.54. The number of pyridine rings is 1. The summed E-state index contributed by atoms with van der Waals surface area (Å²) in [7, 11) is 1.75. The number of aliphatic hydroxyl groups is 1. The van der Waals surface area contributed by atoms with E-state index in [0.717, 1.165) is 50.4 Å². The molecule has 1 aromatic heterocycles. The van der Waals surface area contributed by atoms with Crippen LogP contribution in [-0.4, -0.2) is 56.1 Å². The average molecular weight is 492 g/mol. The van der Waals surface area contributed by atoms with Gasteiger partial charge in [0.15, 0.2) is 5.96 Å². The third-order valence-electron chi connectivity index (χ3n) is 4.71. The zero-order valence-corrected chi connectivity index (χ0v) is 18.7. The lowest BCUT2D eigenvalue weighted by molar-refractivity contribution is 0.127. The van der Waals surface area contributed by atoms with Crippen LogP contribution in [-0.2, 0) is 11.3 Å². The van der Waals surface area contributed by atoms with E-state index in [-0.39, 0.29) is 36.0 Å². The van der Waals surface area contributed by atoms with Gasteiger partial charge in [0.25, 0.3) is 0 Å². The molecule has 0 amide bonds. The van der Waals surface area contributed by atoms with E-state index in [2.05, 4.69) is 27.5 Å². The third kappa shape index (κ3) is 7.79. The number of ether oxygens (including phenoxy) is 2. The molecule has 27 heavy (non-hydrogen) atoms. The van der Waals surface area contributed by atoms with Gasteiger partial charge in [-0.25, -0.2) is 4.98 Å². The van der Waals surface area contributed by atoms with Gasteiger partial charge in [-0.2, -0.15) is 0 Å². The van der Waals surface area contributed by atoms with Gasteiger partial charge in [-0.05, 0) is 25.3 Å². The van der Waals surface area contributed by atoms with E-state index in [9.17, 15) is 5.11 Å². The van der Waals surface area contributed by atoms with Crippen LogP contribution in [0.1, 0.15) is 38.2 Å². The van der Waals surface area contributed by atoms with Gasteiger partial charge in [0.2, 0.25) is 5.88 Å². The maximum Gasteiger partial charge on any atom is 0.218 e. The van der Waals surface area contributed by atoms with E-state index in [1.807, 2.05) is 12.1 Å². The van der Waals surface area contributed by atoms with Gasteiger partial charge in [0, 0.05) is 50.5 Å². The van der Waals surface area contributed by atoms with Crippen molar-refractivity contribution in [3.63, 3.8) is 0 Å². The number of hydrogen-bond acceptors (Lipinski definition) is 5. The Morgan fingerprint density at radius 3 is 2.96 bits per heavy atom. The fraction of sp³-hybridized carbons (Fsp3) is 0.684. The van der Waals surface area contributed by atoms with Crippen molar-refractivity contribution >= 4 is 29.9 Å². The number of hydrogen-bond donors (Lipinski definition) is 3. The standard InChI is InChI=1S/C19H32N4O3.HI/c1-3-4-11-26-17-16(6-5-9-21-17)13-22-18(20-2)23-14-19(7-10-24)8-12-25-15-19;/h5-6,9,24H,3-4,7-8,10-15H2,1-2H3,(H2,20,22,23);1H. The van der Waals surface area contributed by atoms with Gasteiger partial charge in [-0.1, -0.05) is 19.4 Å². The first-order valence-corrected chi connectivity index (χ1v) is 9.43. The van der Waals surface area contributed by atoms with Crippen LogP contribution in [0.15, 0.2) is 23.3 Å². The zero-order valence-electron chi connectivity index (χ0n) is 16.4. The van der Waals surface area contributed by atoms with Crippen molar-refractivity contribution in [2.45, 2.75) is 39.2 Å². The van der Waals surface area contributed by atoms with Crippen LogP contribution < -0.4 is 15.4 Å². The number of aliphatic imine (C=N–C) groups is 1.